The number of unbranched alkanes of at least 4 members (excludes halogenated alkanes) is 1. The van der Waals surface area contributed by atoms with E-state index in [0.29, 0.717) is 19.2 Å². The van der Waals surface area contributed by atoms with Crippen molar-refractivity contribution in [3.05, 3.63) is 0 Å². The number of nitrogens with two attached hydrogens (primary N) is 1. The molecule has 0 heterocycles. The first-order valence-corrected chi connectivity index (χ1v) is 7.58. The topological polar surface area (TPSA) is 55.6 Å². The Hall–Kier alpha value is -0.610. The van der Waals surface area contributed by atoms with Crippen LogP contribution < -0.4 is 5.73 Å². The van der Waals surface area contributed by atoms with E-state index >= 15 is 0 Å². The van der Waals surface area contributed by atoms with Gasteiger partial charge in [-0.2, -0.15) is 0 Å². The summed E-state index contributed by atoms with van der Waals surface area (Å²) in [6, 6.07) is 0.618. The summed E-state index contributed by atoms with van der Waals surface area (Å²) in [5.74, 6) is -0.0864. The van der Waals surface area contributed by atoms with Crippen LogP contribution in [0.25, 0.3) is 0 Å². The summed E-state index contributed by atoms with van der Waals surface area (Å²) in [5, 5.41) is 0. The highest BCUT2D eigenvalue weighted by Gasteiger charge is 2.30. The summed E-state index contributed by atoms with van der Waals surface area (Å²) in [5.41, 5.74) is 5.98. The Kier molecular flexibility index (Phi) is 6.80. The molecule has 2 N–H and O–H groups in total. The number of rotatable bonds is 10. The van der Waals surface area contributed by atoms with Crippen molar-refractivity contribution < 1.29 is 9.53 Å². The Morgan fingerprint density at radius 2 is 2.05 bits per heavy atom. The number of esters is 1. The fourth-order valence-electron chi connectivity index (χ4n) is 2.22. The van der Waals surface area contributed by atoms with E-state index in [1.54, 1.807) is 0 Å². The third-order valence-corrected chi connectivity index (χ3v) is 3.80. The Bertz CT molecular complexity index is 275. The minimum atomic E-state index is -0.0864. The lowest BCUT2D eigenvalue weighted by Crippen LogP contribution is -2.34. The number of hydrogen-bond donors (Lipinski definition) is 1. The Morgan fingerprint density at radius 3 is 2.58 bits per heavy atom. The van der Waals surface area contributed by atoms with Crippen molar-refractivity contribution in [1.82, 2.24) is 4.90 Å². The fourth-order valence-corrected chi connectivity index (χ4v) is 2.22. The molecule has 1 aliphatic rings. The van der Waals surface area contributed by atoms with Crippen molar-refractivity contribution in [3.63, 3.8) is 0 Å². The van der Waals surface area contributed by atoms with Gasteiger partial charge in [0, 0.05) is 6.04 Å². The predicted molar refractivity (Wildman–Crippen MR) is 77.9 cm³/mol. The van der Waals surface area contributed by atoms with Crippen molar-refractivity contribution >= 4 is 5.97 Å². The molecular formula is C15H30N2O2. The summed E-state index contributed by atoms with van der Waals surface area (Å²) in [4.78, 5) is 13.8. The van der Waals surface area contributed by atoms with Crippen molar-refractivity contribution in [1.29, 1.82) is 0 Å². The number of hydrogen-bond acceptors (Lipinski definition) is 4. The molecule has 0 unspecified atom stereocenters. The fraction of sp³-hybridized carbons (Fsp3) is 0.933. The molecule has 19 heavy (non-hydrogen) atoms. The van der Waals surface area contributed by atoms with Crippen molar-refractivity contribution in [2.45, 2.75) is 58.9 Å². The third-order valence-electron chi connectivity index (χ3n) is 3.80. The second kappa shape index (κ2) is 7.85. The Morgan fingerprint density at radius 1 is 1.37 bits per heavy atom. The zero-order chi connectivity index (χ0) is 14.3. The zero-order valence-electron chi connectivity index (χ0n) is 12.8. The van der Waals surface area contributed by atoms with Gasteiger partial charge in [0.25, 0.3) is 0 Å². The van der Waals surface area contributed by atoms with E-state index < -0.39 is 0 Å². The van der Waals surface area contributed by atoms with E-state index in [9.17, 15) is 4.79 Å². The van der Waals surface area contributed by atoms with Crippen LogP contribution in [0.2, 0.25) is 0 Å². The molecule has 1 saturated carbocycles. The first kappa shape index (κ1) is 16.4. The van der Waals surface area contributed by atoms with Crippen LogP contribution in [-0.2, 0) is 9.53 Å². The molecule has 1 aliphatic carbocycles. The summed E-state index contributed by atoms with van der Waals surface area (Å²) >= 11 is 0. The van der Waals surface area contributed by atoms with Gasteiger partial charge in [-0.1, -0.05) is 20.3 Å². The molecule has 0 saturated heterocycles. The first-order chi connectivity index (χ1) is 8.98. The van der Waals surface area contributed by atoms with Crippen molar-refractivity contribution in [2.75, 3.05) is 26.2 Å². The maximum absolute atomic E-state index is 11.5. The highest BCUT2D eigenvalue weighted by atomic mass is 16.5. The summed E-state index contributed by atoms with van der Waals surface area (Å²) in [6.45, 7) is 8.95. The van der Waals surface area contributed by atoms with E-state index in [4.69, 9.17) is 10.5 Å². The molecule has 0 aromatic heterocycles. The molecule has 1 fully saturated rings. The van der Waals surface area contributed by atoms with Crippen LogP contribution in [0.15, 0.2) is 0 Å². The molecule has 0 aromatic rings. The molecular weight excluding hydrogens is 240 g/mol. The van der Waals surface area contributed by atoms with E-state index in [0.717, 1.165) is 25.9 Å². The maximum atomic E-state index is 11.5. The molecule has 0 bridgehead atoms. The van der Waals surface area contributed by atoms with Gasteiger partial charge >= 0.3 is 5.97 Å². The molecule has 0 aliphatic heterocycles. The smallest absolute Gasteiger partial charge is 0.320 e. The second-order valence-corrected chi connectivity index (χ2v) is 6.33. The van der Waals surface area contributed by atoms with Crippen LogP contribution >= 0.6 is 0 Å². The van der Waals surface area contributed by atoms with Crippen LogP contribution in [0.4, 0.5) is 0 Å². The average Bonchev–Trinajstić information content (AvgIpc) is 3.17. The molecule has 0 radical (unpaired) electrons. The normalized spacial score (nSPS) is 15.8. The minimum Gasteiger partial charge on any atom is -0.465 e. The lowest BCUT2D eigenvalue weighted by atomic mass is 9.87. The van der Waals surface area contributed by atoms with Crippen molar-refractivity contribution in [2.24, 2.45) is 11.1 Å². The van der Waals surface area contributed by atoms with Gasteiger partial charge in [0.05, 0.1) is 13.2 Å². The molecule has 4 nitrogen and oxygen atoms in total. The minimum absolute atomic E-state index is 0.0864. The Labute approximate surface area is 117 Å². The second-order valence-electron chi connectivity index (χ2n) is 6.33. The maximum Gasteiger partial charge on any atom is 0.320 e. The number of carbonyl (C=O) groups is 1. The third kappa shape index (κ3) is 6.92. The summed E-state index contributed by atoms with van der Waals surface area (Å²) < 4.78 is 5.03. The largest absolute Gasteiger partial charge is 0.465 e. The standard InChI is InChI=1S/C15H30N2O2/c1-4-19-14(18)11-17(13-7-8-13)10-6-5-9-15(2,3)12-16/h13H,4-12,16H2,1-3H3. The summed E-state index contributed by atoms with van der Waals surface area (Å²) in [7, 11) is 0. The molecule has 0 atom stereocenters. The van der Waals surface area contributed by atoms with Crippen molar-refractivity contribution in [3.8, 4) is 0 Å². The van der Waals surface area contributed by atoms with Gasteiger partial charge in [-0.15, -0.1) is 0 Å². The highest BCUT2D eigenvalue weighted by Crippen LogP contribution is 2.27. The predicted octanol–water partition coefficient (Wildman–Crippen LogP) is 2.17. The molecule has 0 spiro atoms. The highest BCUT2D eigenvalue weighted by molar-refractivity contribution is 5.71. The monoisotopic (exact) mass is 270 g/mol. The van der Waals surface area contributed by atoms with Gasteiger partial charge < -0.3 is 10.5 Å². The van der Waals surface area contributed by atoms with E-state index in [-0.39, 0.29) is 11.4 Å². The van der Waals surface area contributed by atoms with E-state index in [1.807, 2.05) is 6.92 Å². The number of carbonyl (C=O) groups excluding carboxylic acids is 1. The lowest BCUT2D eigenvalue weighted by molar-refractivity contribution is -0.144. The molecule has 0 aromatic carbocycles. The molecule has 4 heteroatoms. The van der Waals surface area contributed by atoms with Gasteiger partial charge in [-0.25, -0.2) is 0 Å². The first-order valence-electron chi connectivity index (χ1n) is 7.58. The molecule has 112 valence electrons. The van der Waals surface area contributed by atoms with Gasteiger partial charge in [0.2, 0.25) is 0 Å². The van der Waals surface area contributed by atoms with Crippen LogP contribution in [0.3, 0.4) is 0 Å². The Balaban J connectivity index is 2.21. The lowest BCUT2D eigenvalue weighted by Gasteiger charge is -2.24. The average molecular weight is 270 g/mol. The van der Waals surface area contributed by atoms with Crippen LogP contribution in [0.5, 0.6) is 0 Å². The molecule has 0 amide bonds. The van der Waals surface area contributed by atoms with Gasteiger partial charge in [0.1, 0.15) is 0 Å². The SMILES string of the molecule is CCOC(=O)CN(CCCCC(C)(C)CN)C1CC1. The van der Waals surface area contributed by atoms with Gasteiger partial charge in [-0.05, 0) is 51.1 Å². The van der Waals surface area contributed by atoms with Crippen LogP contribution in [0.1, 0.15) is 52.9 Å². The van der Waals surface area contributed by atoms with Crippen LogP contribution in [0, 0.1) is 5.41 Å². The van der Waals surface area contributed by atoms with Gasteiger partial charge in [-0.3, -0.25) is 9.69 Å². The van der Waals surface area contributed by atoms with E-state index in [1.165, 1.54) is 19.3 Å². The van der Waals surface area contributed by atoms with Crippen LogP contribution in [-0.4, -0.2) is 43.2 Å². The van der Waals surface area contributed by atoms with E-state index in [2.05, 4.69) is 18.7 Å². The number of ether oxygens (including phenoxy) is 1. The van der Waals surface area contributed by atoms with Gasteiger partial charge in [0.15, 0.2) is 0 Å². The molecule has 1 rings (SSSR count). The zero-order valence-corrected chi connectivity index (χ0v) is 12.8. The number of nitrogens with zero attached hydrogens (tertiary/aromatic N) is 1. The quantitative estimate of drug-likeness (QED) is 0.488. The summed E-state index contributed by atoms with van der Waals surface area (Å²) in [6.07, 6.45) is 5.93.